The van der Waals surface area contributed by atoms with Crippen molar-refractivity contribution in [1.82, 2.24) is 15.1 Å². The molecule has 0 spiro atoms. The van der Waals surface area contributed by atoms with Crippen LogP contribution in [0.4, 0.5) is 4.79 Å². The van der Waals surface area contributed by atoms with Gasteiger partial charge in [0, 0.05) is 19.6 Å². The first-order valence-electron chi connectivity index (χ1n) is 6.64. The molecule has 0 aliphatic carbocycles. The molecule has 1 unspecified atom stereocenters. The van der Waals surface area contributed by atoms with Crippen LogP contribution in [-0.2, 0) is 9.59 Å². The minimum atomic E-state index is -0.972. The van der Waals surface area contributed by atoms with Gasteiger partial charge in [-0.2, -0.15) is 0 Å². The quantitative estimate of drug-likeness (QED) is 0.730. The predicted octanol–water partition coefficient (Wildman–Crippen LogP) is -0.134. The topological polar surface area (TPSA) is 90.0 Å². The van der Waals surface area contributed by atoms with Gasteiger partial charge in [0.05, 0.1) is 0 Å². The second kappa shape index (κ2) is 5.46. The van der Waals surface area contributed by atoms with Crippen LogP contribution in [0.2, 0.25) is 0 Å². The lowest BCUT2D eigenvalue weighted by atomic mass is 10.1. The van der Waals surface area contributed by atoms with Gasteiger partial charge < -0.3 is 20.2 Å². The van der Waals surface area contributed by atoms with Gasteiger partial charge in [0.1, 0.15) is 12.1 Å². The predicted molar refractivity (Wildman–Crippen MR) is 66.6 cm³/mol. The first-order chi connectivity index (χ1) is 9.06. The third-order valence-electron chi connectivity index (χ3n) is 3.75. The molecule has 2 saturated heterocycles. The number of carbonyl (C=O) groups is 3. The zero-order chi connectivity index (χ0) is 14.0. The summed E-state index contributed by atoms with van der Waals surface area (Å²) in [6, 6.07) is -1.57. The number of nitrogens with one attached hydrogen (secondary N) is 1. The monoisotopic (exact) mass is 269 g/mol. The average Bonchev–Trinajstić information content (AvgIpc) is 2.86. The van der Waals surface area contributed by atoms with E-state index in [9.17, 15) is 14.4 Å². The molecule has 106 valence electrons. The maximum Gasteiger partial charge on any atom is 0.326 e. The summed E-state index contributed by atoms with van der Waals surface area (Å²) in [6.07, 6.45) is 1.71. The largest absolute Gasteiger partial charge is 0.480 e. The van der Waals surface area contributed by atoms with E-state index in [1.807, 2.05) is 6.92 Å². The summed E-state index contributed by atoms with van der Waals surface area (Å²) in [5.41, 5.74) is 0. The van der Waals surface area contributed by atoms with Gasteiger partial charge in [-0.3, -0.25) is 4.79 Å². The third kappa shape index (κ3) is 2.50. The summed E-state index contributed by atoms with van der Waals surface area (Å²) in [7, 11) is 0. The highest BCUT2D eigenvalue weighted by Gasteiger charge is 2.40. The van der Waals surface area contributed by atoms with Crippen LogP contribution < -0.4 is 5.32 Å². The molecule has 0 aromatic heterocycles. The highest BCUT2D eigenvalue weighted by Crippen LogP contribution is 2.21. The van der Waals surface area contributed by atoms with E-state index < -0.39 is 18.1 Å². The summed E-state index contributed by atoms with van der Waals surface area (Å²) >= 11 is 0. The van der Waals surface area contributed by atoms with Crippen LogP contribution in [-0.4, -0.2) is 64.5 Å². The number of hydrogen-bond donors (Lipinski definition) is 2. The minimum Gasteiger partial charge on any atom is -0.480 e. The number of amides is 3. The highest BCUT2D eigenvalue weighted by molar-refractivity contribution is 5.90. The van der Waals surface area contributed by atoms with Crippen molar-refractivity contribution in [1.29, 1.82) is 0 Å². The number of piperazine rings is 1. The van der Waals surface area contributed by atoms with E-state index in [1.165, 1.54) is 9.80 Å². The van der Waals surface area contributed by atoms with E-state index in [-0.39, 0.29) is 11.9 Å². The van der Waals surface area contributed by atoms with Crippen molar-refractivity contribution in [2.45, 2.75) is 38.3 Å². The van der Waals surface area contributed by atoms with Crippen LogP contribution in [0.1, 0.15) is 26.2 Å². The lowest BCUT2D eigenvalue weighted by Gasteiger charge is -2.37. The van der Waals surface area contributed by atoms with E-state index >= 15 is 0 Å². The molecular weight excluding hydrogens is 250 g/mol. The maximum atomic E-state index is 12.4. The van der Waals surface area contributed by atoms with Crippen molar-refractivity contribution >= 4 is 17.9 Å². The summed E-state index contributed by atoms with van der Waals surface area (Å²) in [5, 5.41) is 11.8. The van der Waals surface area contributed by atoms with Crippen LogP contribution in [0.25, 0.3) is 0 Å². The van der Waals surface area contributed by atoms with E-state index in [1.54, 1.807) is 0 Å². The molecule has 3 amide bonds. The van der Waals surface area contributed by atoms with Crippen molar-refractivity contribution < 1.29 is 19.5 Å². The number of nitrogens with zero attached hydrogens (tertiary/aromatic N) is 2. The zero-order valence-electron chi connectivity index (χ0n) is 11.0. The fourth-order valence-corrected chi connectivity index (χ4v) is 2.77. The number of aliphatic carboxylic acids is 1. The second-order valence-corrected chi connectivity index (χ2v) is 4.88. The van der Waals surface area contributed by atoms with Gasteiger partial charge >= 0.3 is 12.0 Å². The SMILES string of the molecule is CCC1C(=O)NCCN1C(=O)N1CCC[C@H]1C(=O)O. The molecule has 2 rings (SSSR count). The maximum absolute atomic E-state index is 12.4. The molecule has 7 nitrogen and oxygen atoms in total. The van der Waals surface area contributed by atoms with Crippen molar-refractivity contribution in [3.05, 3.63) is 0 Å². The average molecular weight is 269 g/mol. The number of urea groups is 1. The molecular formula is C12H19N3O4. The first kappa shape index (κ1) is 13.6. The van der Waals surface area contributed by atoms with Crippen LogP contribution in [0.5, 0.6) is 0 Å². The Morgan fingerprint density at radius 1 is 1.37 bits per heavy atom. The number of carbonyl (C=O) groups excluding carboxylic acids is 2. The van der Waals surface area contributed by atoms with E-state index in [0.29, 0.717) is 38.9 Å². The molecule has 0 saturated carbocycles. The number of hydrogen-bond acceptors (Lipinski definition) is 3. The molecule has 0 bridgehead atoms. The summed E-state index contributed by atoms with van der Waals surface area (Å²) < 4.78 is 0. The van der Waals surface area contributed by atoms with Crippen LogP contribution in [0.15, 0.2) is 0 Å². The zero-order valence-corrected chi connectivity index (χ0v) is 11.0. The van der Waals surface area contributed by atoms with Crippen molar-refractivity contribution in [3.8, 4) is 0 Å². The summed E-state index contributed by atoms with van der Waals surface area (Å²) in [6.45, 7) is 3.15. The lowest BCUT2D eigenvalue weighted by Crippen LogP contribution is -2.60. The molecule has 2 N–H and O–H groups in total. The van der Waals surface area contributed by atoms with Gasteiger partial charge in [-0.25, -0.2) is 9.59 Å². The van der Waals surface area contributed by atoms with Gasteiger partial charge in [-0.05, 0) is 19.3 Å². The summed E-state index contributed by atoms with van der Waals surface area (Å²) in [5.74, 6) is -1.13. The molecule has 0 aromatic carbocycles. The molecule has 2 fully saturated rings. The third-order valence-corrected chi connectivity index (χ3v) is 3.75. The van der Waals surface area contributed by atoms with Gasteiger partial charge in [0.25, 0.3) is 0 Å². The molecule has 2 aliphatic heterocycles. The second-order valence-electron chi connectivity index (χ2n) is 4.88. The number of rotatable bonds is 2. The van der Waals surface area contributed by atoms with Crippen molar-refractivity contribution in [2.75, 3.05) is 19.6 Å². The molecule has 0 aromatic rings. The molecule has 2 aliphatic rings. The van der Waals surface area contributed by atoms with E-state index in [4.69, 9.17) is 5.11 Å². The highest BCUT2D eigenvalue weighted by atomic mass is 16.4. The van der Waals surface area contributed by atoms with Gasteiger partial charge in [0.15, 0.2) is 0 Å². The Morgan fingerprint density at radius 3 is 2.74 bits per heavy atom. The van der Waals surface area contributed by atoms with Crippen LogP contribution in [0.3, 0.4) is 0 Å². The fourth-order valence-electron chi connectivity index (χ4n) is 2.77. The first-order valence-corrected chi connectivity index (χ1v) is 6.64. The Kier molecular flexibility index (Phi) is 3.92. The number of carboxylic acid groups (broad SMARTS) is 1. The van der Waals surface area contributed by atoms with Gasteiger partial charge in [-0.1, -0.05) is 6.92 Å². The smallest absolute Gasteiger partial charge is 0.326 e. The normalized spacial score (nSPS) is 27.3. The number of likely N-dealkylation sites (tertiary alicyclic amines) is 1. The fraction of sp³-hybridized carbons (Fsp3) is 0.750. The van der Waals surface area contributed by atoms with Crippen LogP contribution in [0, 0.1) is 0 Å². The van der Waals surface area contributed by atoms with Crippen molar-refractivity contribution in [3.63, 3.8) is 0 Å². The summed E-state index contributed by atoms with van der Waals surface area (Å²) in [4.78, 5) is 38.2. The Labute approximate surface area is 111 Å². The van der Waals surface area contributed by atoms with E-state index in [2.05, 4.69) is 5.32 Å². The van der Waals surface area contributed by atoms with E-state index in [0.717, 1.165) is 0 Å². The Bertz CT molecular complexity index is 398. The lowest BCUT2D eigenvalue weighted by molar-refractivity contribution is -0.141. The minimum absolute atomic E-state index is 0.159. The van der Waals surface area contributed by atoms with Gasteiger partial charge in [0.2, 0.25) is 5.91 Å². The number of carboxylic acids is 1. The van der Waals surface area contributed by atoms with Gasteiger partial charge in [-0.15, -0.1) is 0 Å². The Morgan fingerprint density at radius 2 is 2.11 bits per heavy atom. The molecule has 2 atom stereocenters. The molecule has 2 heterocycles. The Hall–Kier alpha value is -1.79. The molecule has 0 radical (unpaired) electrons. The Balaban J connectivity index is 2.13. The van der Waals surface area contributed by atoms with Crippen LogP contribution >= 0.6 is 0 Å². The molecule has 7 heteroatoms. The van der Waals surface area contributed by atoms with Crippen molar-refractivity contribution in [2.24, 2.45) is 0 Å². The standard InChI is InChI=1S/C12H19N3O4/c1-2-8-10(16)13-5-7-15(8)12(19)14-6-3-4-9(14)11(17)18/h8-9H,2-7H2,1H3,(H,13,16)(H,17,18)/t8?,9-/m0/s1. The molecule has 19 heavy (non-hydrogen) atoms.